The normalized spacial score (nSPS) is 12.9. The minimum Gasteiger partial charge on any atom is -0.396 e. The molecule has 0 aliphatic carbocycles. The number of ether oxygens (including phenoxy) is 1. The standard InChI is InChI=1S/C17H40N2O2/c1-6-7-8-11-18(2,3)13-16-21-17-14-19(4,5)12-9-10-15-20/h20H,6-17H2,1-5H3/q+2. The fourth-order valence-corrected chi connectivity index (χ4v) is 2.39. The van der Waals surface area contributed by atoms with Gasteiger partial charge in [-0.05, 0) is 25.7 Å². The molecular weight excluding hydrogens is 264 g/mol. The Kier molecular flexibility index (Phi) is 11.3. The zero-order valence-corrected chi connectivity index (χ0v) is 15.2. The fourth-order valence-electron chi connectivity index (χ4n) is 2.39. The molecule has 0 rings (SSSR count). The van der Waals surface area contributed by atoms with E-state index >= 15 is 0 Å². The Bertz CT molecular complexity index is 219. The molecule has 0 saturated heterocycles. The second-order valence-electron chi connectivity index (χ2n) is 7.52. The summed E-state index contributed by atoms with van der Waals surface area (Å²) in [6.07, 6.45) is 5.94. The zero-order chi connectivity index (χ0) is 16.2. The van der Waals surface area contributed by atoms with Crippen LogP contribution in [0.5, 0.6) is 0 Å². The molecule has 0 unspecified atom stereocenters. The summed E-state index contributed by atoms with van der Waals surface area (Å²) >= 11 is 0. The molecule has 0 aromatic heterocycles. The molecule has 0 atom stereocenters. The first kappa shape index (κ1) is 20.8. The van der Waals surface area contributed by atoms with Crippen molar-refractivity contribution < 1.29 is 18.8 Å². The van der Waals surface area contributed by atoms with Crippen LogP contribution >= 0.6 is 0 Å². The first-order chi connectivity index (χ1) is 9.83. The second-order valence-corrected chi connectivity index (χ2v) is 7.52. The van der Waals surface area contributed by atoms with Crippen LogP contribution in [0.3, 0.4) is 0 Å². The number of hydrogen-bond donors (Lipinski definition) is 1. The summed E-state index contributed by atoms with van der Waals surface area (Å²) in [6, 6.07) is 0. The van der Waals surface area contributed by atoms with Crippen molar-refractivity contribution in [2.75, 3.05) is 74.2 Å². The minimum absolute atomic E-state index is 0.307. The summed E-state index contributed by atoms with van der Waals surface area (Å²) in [5, 5.41) is 8.83. The summed E-state index contributed by atoms with van der Waals surface area (Å²) in [4.78, 5) is 0. The van der Waals surface area contributed by atoms with E-state index in [1.54, 1.807) is 0 Å². The highest BCUT2D eigenvalue weighted by Gasteiger charge is 2.16. The summed E-state index contributed by atoms with van der Waals surface area (Å²) in [5.41, 5.74) is 0. The second kappa shape index (κ2) is 11.4. The van der Waals surface area contributed by atoms with Crippen molar-refractivity contribution in [2.24, 2.45) is 0 Å². The molecule has 0 aliphatic heterocycles. The van der Waals surface area contributed by atoms with E-state index in [9.17, 15) is 0 Å². The van der Waals surface area contributed by atoms with E-state index in [1.807, 2.05) is 0 Å². The van der Waals surface area contributed by atoms with E-state index in [0.717, 1.165) is 54.7 Å². The first-order valence-electron chi connectivity index (χ1n) is 8.65. The highest BCUT2D eigenvalue weighted by Crippen LogP contribution is 2.04. The molecule has 0 aromatic rings. The predicted octanol–water partition coefficient (Wildman–Crippen LogP) is 2.12. The Morgan fingerprint density at radius 3 is 1.62 bits per heavy atom. The Hall–Kier alpha value is -0.160. The molecule has 0 radical (unpaired) electrons. The maximum Gasteiger partial charge on any atom is 0.102 e. The SMILES string of the molecule is CCCCC[N+](C)(C)CCOCC[N+](C)(C)CCCCO. The number of aliphatic hydroxyl groups is 1. The average Bonchev–Trinajstić information content (AvgIpc) is 2.38. The van der Waals surface area contributed by atoms with Crippen molar-refractivity contribution >= 4 is 0 Å². The molecule has 0 aromatic carbocycles. The summed E-state index contributed by atoms with van der Waals surface area (Å²) in [7, 11) is 9.08. The molecule has 0 aliphatic rings. The van der Waals surface area contributed by atoms with Gasteiger partial charge in [0.2, 0.25) is 0 Å². The monoisotopic (exact) mass is 304 g/mol. The zero-order valence-electron chi connectivity index (χ0n) is 15.2. The lowest BCUT2D eigenvalue weighted by Gasteiger charge is -2.31. The number of quaternary nitrogens is 2. The van der Waals surface area contributed by atoms with Crippen LogP contribution in [-0.4, -0.2) is 88.3 Å². The number of unbranched alkanes of at least 4 members (excludes halogenated alkanes) is 3. The fraction of sp³-hybridized carbons (Fsp3) is 1.00. The van der Waals surface area contributed by atoms with Crippen molar-refractivity contribution in [3.8, 4) is 0 Å². The van der Waals surface area contributed by atoms with Gasteiger partial charge in [0.25, 0.3) is 0 Å². The smallest absolute Gasteiger partial charge is 0.102 e. The van der Waals surface area contributed by atoms with Gasteiger partial charge >= 0.3 is 0 Å². The number of rotatable bonds is 14. The van der Waals surface area contributed by atoms with Gasteiger partial charge in [-0.3, -0.25) is 0 Å². The molecule has 1 N–H and O–H groups in total. The van der Waals surface area contributed by atoms with E-state index in [4.69, 9.17) is 9.84 Å². The topological polar surface area (TPSA) is 29.5 Å². The molecule has 0 fully saturated rings. The van der Waals surface area contributed by atoms with Crippen LogP contribution in [0, 0.1) is 0 Å². The van der Waals surface area contributed by atoms with Crippen LogP contribution in [-0.2, 0) is 4.74 Å². The molecule has 4 nitrogen and oxygen atoms in total. The quantitative estimate of drug-likeness (QED) is 0.393. The lowest BCUT2D eigenvalue weighted by molar-refractivity contribution is -0.894. The van der Waals surface area contributed by atoms with Crippen LogP contribution in [0.25, 0.3) is 0 Å². The molecule has 0 amide bonds. The third-order valence-corrected chi connectivity index (χ3v) is 4.22. The van der Waals surface area contributed by atoms with E-state index in [2.05, 4.69) is 35.1 Å². The van der Waals surface area contributed by atoms with Gasteiger partial charge in [-0.2, -0.15) is 0 Å². The summed E-state index contributed by atoms with van der Waals surface area (Å²) in [6.45, 7) is 8.76. The largest absolute Gasteiger partial charge is 0.396 e. The number of likely N-dealkylation sites (N-methyl/N-ethyl adjacent to an activating group) is 2. The lowest BCUT2D eigenvalue weighted by atomic mass is 10.2. The Morgan fingerprint density at radius 2 is 1.19 bits per heavy atom. The van der Waals surface area contributed by atoms with Gasteiger partial charge in [-0.1, -0.05) is 13.3 Å². The number of aliphatic hydroxyl groups excluding tert-OH is 1. The Morgan fingerprint density at radius 1 is 0.714 bits per heavy atom. The molecule has 21 heavy (non-hydrogen) atoms. The van der Waals surface area contributed by atoms with Gasteiger partial charge in [0.15, 0.2) is 0 Å². The Balaban J connectivity index is 3.65. The predicted molar refractivity (Wildman–Crippen MR) is 90.3 cm³/mol. The van der Waals surface area contributed by atoms with Crippen LogP contribution in [0.4, 0.5) is 0 Å². The van der Waals surface area contributed by atoms with Crippen LogP contribution in [0.1, 0.15) is 39.0 Å². The highest BCUT2D eigenvalue weighted by atomic mass is 16.5. The van der Waals surface area contributed by atoms with Gasteiger partial charge in [-0.15, -0.1) is 0 Å². The average molecular weight is 305 g/mol. The number of nitrogens with zero attached hydrogens (tertiary/aromatic N) is 2. The Labute approximate surface area is 132 Å². The molecule has 0 heterocycles. The van der Waals surface area contributed by atoms with Crippen molar-refractivity contribution in [1.82, 2.24) is 0 Å². The first-order valence-corrected chi connectivity index (χ1v) is 8.65. The van der Waals surface area contributed by atoms with Crippen molar-refractivity contribution in [3.63, 3.8) is 0 Å². The van der Waals surface area contributed by atoms with Crippen LogP contribution in [0.2, 0.25) is 0 Å². The van der Waals surface area contributed by atoms with Crippen molar-refractivity contribution in [3.05, 3.63) is 0 Å². The van der Waals surface area contributed by atoms with E-state index in [-0.39, 0.29) is 0 Å². The third kappa shape index (κ3) is 13.2. The molecule has 128 valence electrons. The van der Waals surface area contributed by atoms with Gasteiger partial charge in [0.05, 0.1) is 54.5 Å². The molecule has 4 heteroatoms. The van der Waals surface area contributed by atoms with Crippen molar-refractivity contribution in [1.29, 1.82) is 0 Å². The van der Waals surface area contributed by atoms with Gasteiger partial charge in [0, 0.05) is 6.61 Å². The van der Waals surface area contributed by atoms with Crippen LogP contribution in [0.15, 0.2) is 0 Å². The molecule has 0 spiro atoms. The van der Waals surface area contributed by atoms with E-state index < -0.39 is 0 Å². The van der Waals surface area contributed by atoms with E-state index in [0.29, 0.717) is 6.61 Å². The van der Waals surface area contributed by atoms with Crippen LogP contribution < -0.4 is 0 Å². The van der Waals surface area contributed by atoms with Gasteiger partial charge in [-0.25, -0.2) is 0 Å². The maximum atomic E-state index is 8.83. The van der Waals surface area contributed by atoms with E-state index in [1.165, 1.54) is 25.8 Å². The van der Waals surface area contributed by atoms with Gasteiger partial charge in [0.1, 0.15) is 13.1 Å². The summed E-state index contributed by atoms with van der Waals surface area (Å²) in [5.74, 6) is 0. The number of hydrogen-bond acceptors (Lipinski definition) is 2. The molecule has 0 saturated carbocycles. The molecular formula is C17H40N2O2+2. The third-order valence-electron chi connectivity index (χ3n) is 4.22. The van der Waals surface area contributed by atoms with Gasteiger partial charge < -0.3 is 18.8 Å². The highest BCUT2D eigenvalue weighted by molar-refractivity contribution is 4.41. The lowest BCUT2D eigenvalue weighted by Crippen LogP contribution is -2.45. The van der Waals surface area contributed by atoms with Crippen molar-refractivity contribution in [2.45, 2.75) is 39.0 Å². The summed E-state index contributed by atoms with van der Waals surface area (Å²) < 4.78 is 7.88. The minimum atomic E-state index is 0.307. The maximum absolute atomic E-state index is 8.83. The molecule has 0 bridgehead atoms.